The average molecular weight is 387 g/mol. The molecule has 1 fully saturated rings. The molecule has 2 aromatic carbocycles. The Morgan fingerprint density at radius 3 is 2.70 bits per heavy atom. The highest BCUT2D eigenvalue weighted by Gasteiger charge is 2.41. The Balaban J connectivity index is 1.96. The van der Waals surface area contributed by atoms with Gasteiger partial charge in [-0.25, -0.2) is 0 Å². The molecule has 27 heavy (non-hydrogen) atoms. The molecular weight excluding hydrogens is 364 g/mol. The Labute approximate surface area is 163 Å². The maximum absolute atomic E-state index is 13.1. The molecule has 0 radical (unpaired) electrons. The smallest absolute Gasteiger partial charge is 0.245 e. The van der Waals surface area contributed by atoms with Crippen molar-refractivity contribution in [3.8, 4) is 5.75 Å². The van der Waals surface area contributed by atoms with Crippen molar-refractivity contribution >= 4 is 23.4 Å². The first-order valence-corrected chi connectivity index (χ1v) is 9.30. The quantitative estimate of drug-likeness (QED) is 0.847. The lowest BCUT2D eigenvalue weighted by Crippen LogP contribution is -2.63. The van der Waals surface area contributed by atoms with Gasteiger partial charge < -0.3 is 15.3 Å². The Morgan fingerprint density at radius 1 is 1.26 bits per heavy atom. The molecule has 1 heterocycles. The van der Waals surface area contributed by atoms with Crippen LogP contribution in [0.4, 0.5) is 0 Å². The molecule has 1 atom stereocenters. The van der Waals surface area contributed by atoms with Crippen LogP contribution in [0.2, 0.25) is 5.02 Å². The van der Waals surface area contributed by atoms with Crippen molar-refractivity contribution < 1.29 is 14.7 Å². The molecular formula is C21H23ClN2O3. The van der Waals surface area contributed by atoms with Crippen LogP contribution < -0.4 is 5.32 Å². The minimum absolute atomic E-state index is 0.130. The number of aromatic hydroxyl groups is 1. The van der Waals surface area contributed by atoms with Crippen molar-refractivity contribution in [2.75, 3.05) is 13.1 Å². The number of phenols is 1. The third kappa shape index (κ3) is 3.93. The number of halogens is 1. The van der Waals surface area contributed by atoms with Gasteiger partial charge in [-0.15, -0.1) is 0 Å². The Morgan fingerprint density at radius 2 is 2.00 bits per heavy atom. The largest absolute Gasteiger partial charge is 0.508 e. The van der Waals surface area contributed by atoms with Gasteiger partial charge in [0.25, 0.3) is 0 Å². The van der Waals surface area contributed by atoms with E-state index in [2.05, 4.69) is 5.32 Å². The first kappa shape index (κ1) is 19.2. The van der Waals surface area contributed by atoms with Crippen molar-refractivity contribution in [2.24, 2.45) is 0 Å². The van der Waals surface area contributed by atoms with Crippen LogP contribution in [0, 0.1) is 0 Å². The SMILES string of the molecule is CC1(C)C(=O)NCCN1C(=O)CC(c1cccc(Cl)c1)c1ccccc1O. The number of phenolic OH excluding ortho intramolecular Hbond substituents is 1. The molecule has 5 nitrogen and oxygen atoms in total. The van der Waals surface area contributed by atoms with E-state index in [-0.39, 0.29) is 29.9 Å². The summed E-state index contributed by atoms with van der Waals surface area (Å²) in [4.78, 5) is 27.0. The van der Waals surface area contributed by atoms with Gasteiger partial charge in [0.1, 0.15) is 11.3 Å². The summed E-state index contributed by atoms with van der Waals surface area (Å²) in [5.41, 5.74) is 0.594. The fourth-order valence-corrected chi connectivity index (χ4v) is 3.73. The molecule has 3 rings (SSSR count). The van der Waals surface area contributed by atoms with Crippen LogP contribution in [0.15, 0.2) is 48.5 Å². The monoisotopic (exact) mass is 386 g/mol. The summed E-state index contributed by atoms with van der Waals surface area (Å²) in [6, 6.07) is 14.3. The lowest BCUT2D eigenvalue weighted by Gasteiger charge is -2.41. The van der Waals surface area contributed by atoms with Gasteiger partial charge in [-0.1, -0.05) is 41.9 Å². The van der Waals surface area contributed by atoms with Crippen LogP contribution in [0.25, 0.3) is 0 Å². The molecule has 1 aliphatic heterocycles. The van der Waals surface area contributed by atoms with Crippen LogP contribution >= 0.6 is 11.6 Å². The van der Waals surface area contributed by atoms with Crippen molar-refractivity contribution in [1.82, 2.24) is 10.2 Å². The maximum atomic E-state index is 13.1. The van der Waals surface area contributed by atoms with E-state index in [1.807, 2.05) is 24.3 Å². The molecule has 1 unspecified atom stereocenters. The van der Waals surface area contributed by atoms with E-state index in [1.165, 1.54) is 0 Å². The second kappa shape index (κ2) is 7.61. The van der Waals surface area contributed by atoms with Gasteiger partial charge in [0.2, 0.25) is 11.8 Å². The first-order chi connectivity index (χ1) is 12.8. The van der Waals surface area contributed by atoms with E-state index in [9.17, 15) is 14.7 Å². The number of benzene rings is 2. The van der Waals surface area contributed by atoms with E-state index in [1.54, 1.807) is 43.0 Å². The first-order valence-electron chi connectivity index (χ1n) is 8.93. The minimum Gasteiger partial charge on any atom is -0.508 e. The molecule has 0 bridgehead atoms. The summed E-state index contributed by atoms with van der Waals surface area (Å²) >= 11 is 6.16. The second-order valence-corrected chi connectivity index (χ2v) is 7.67. The average Bonchev–Trinajstić information content (AvgIpc) is 2.62. The van der Waals surface area contributed by atoms with E-state index >= 15 is 0 Å². The highest BCUT2D eigenvalue weighted by molar-refractivity contribution is 6.30. The predicted octanol–water partition coefficient (Wildman–Crippen LogP) is 3.30. The summed E-state index contributed by atoms with van der Waals surface area (Å²) in [6.45, 7) is 4.38. The third-order valence-electron chi connectivity index (χ3n) is 5.09. The van der Waals surface area contributed by atoms with Gasteiger partial charge >= 0.3 is 0 Å². The van der Waals surface area contributed by atoms with Gasteiger partial charge in [0.05, 0.1) is 0 Å². The topological polar surface area (TPSA) is 69.6 Å². The van der Waals surface area contributed by atoms with E-state index in [4.69, 9.17) is 11.6 Å². The zero-order valence-corrected chi connectivity index (χ0v) is 16.2. The van der Waals surface area contributed by atoms with Crippen LogP contribution in [0.1, 0.15) is 37.3 Å². The van der Waals surface area contributed by atoms with Gasteiger partial charge in [-0.2, -0.15) is 0 Å². The lowest BCUT2D eigenvalue weighted by atomic mass is 9.86. The van der Waals surface area contributed by atoms with Gasteiger partial charge in [0, 0.05) is 36.0 Å². The maximum Gasteiger partial charge on any atom is 0.245 e. The third-order valence-corrected chi connectivity index (χ3v) is 5.33. The predicted molar refractivity (Wildman–Crippen MR) is 105 cm³/mol. The number of amides is 2. The Kier molecular flexibility index (Phi) is 5.42. The molecule has 2 N–H and O–H groups in total. The molecule has 0 spiro atoms. The Bertz CT molecular complexity index is 866. The van der Waals surface area contributed by atoms with Gasteiger partial charge in [0.15, 0.2) is 0 Å². The highest BCUT2D eigenvalue weighted by Crippen LogP contribution is 2.36. The zero-order valence-electron chi connectivity index (χ0n) is 15.4. The van der Waals surface area contributed by atoms with Crippen LogP contribution in [-0.2, 0) is 9.59 Å². The molecule has 0 aromatic heterocycles. The summed E-state index contributed by atoms with van der Waals surface area (Å²) < 4.78 is 0. The van der Waals surface area contributed by atoms with Gasteiger partial charge in [-0.05, 0) is 37.6 Å². The summed E-state index contributed by atoms with van der Waals surface area (Å²) in [7, 11) is 0. The normalized spacial score (nSPS) is 17.3. The molecule has 0 aliphatic carbocycles. The zero-order chi connectivity index (χ0) is 19.6. The van der Waals surface area contributed by atoms with Crippen molar-refractivity contribution in [3.63, 3.8) is 0 Å². The molecule has 1 saturated heterocycles. The molecule has 142 valence electrons. The number of piperazine rings is 1. The molecule has 2 amide bonds. The van der Waals surface area contributed by atoms with E-state index < -0.39 is 5.54 Å². The van der Waals surface area contributed by atoms with Crippen molar-refractivity contribution in [2.45, 2.75) is 31.7 Å². The van der Waals surface area contributed by atoms with E-state index in [0.29, 0.717) is 23.7 Å². The lowest BCUT2D eigenvalue weighted by molar-refractivity contribution is -0.149. The molecule has 2 aromatic rings. The fourth-order valence-electron chi connectivity index (χ4n) is 3.53. The highest BCUT2D eigenvalue weighted by atomic mass is 35.5. The summed E-state index contributed by atoms with van der Waals surface area (Å²) in [5, 5.41) is 13.7. The van der Waals surface area contributed by atoms with Crippen molar-refractivity contribution in [1.29, 1.82) is 0 Å². The van der Waals surface area contributed by atoms with Crippen LogP contribution in [-0.4, -0.2) is 40.4 Å². The number of hydrogen-bond acceptors (Lipinski definition) is 3. The van der Waals surface area contributed by atoms with Crippen LogP contribution in [0.5, 0.6) is 5.75 Å². The molecule has 1 aliphatic rings. The number of carbonyl (C=O) groups is 2. The summed E-state index contributed by atoms with van der Waals surface area (Å²) in [6.07, 6.45) is 0.134. The number of nitrogens with zero attached hydrogens (tertiary/aromatic N) is 1. The second-order valence-electron chi connectivity index (χ2n) is 7.23. The fraction of sp³-hybridized carbons (Fsp3) is 0.333. The number of nitrogens with one attached hydrogen (secondary N) is 1. The number of hydrogen-bond donors (Lipinski definition) is 2. The number of rotatable bonds is 4. The minimum atomic E-state index is -0.910. The number of para-hydroxylation sites is 1. The number of carbonyl (C=O) groups excluding carboxylic acids is 2. The summed E-state index contributed by atoms with van der Waals surface area (Å²) in [5.74, 6) is -0.531. The Hall–Kier alpha value is -2.53. The van der Waals surface area contributed by atoms with Gasteiger partial charge in [-0.3, -0.25) is 9.59 Å². The molecule has 0 saturated carbocycles. The van der Waals surface area contributed by atoms with E-state index in [0.717, 1.165) is 5.56 Å². The standard InChI is InChI=1S/C21H23ClN2O3/c1-21(2)20(27)23-10-11-24(21)19(26)13-17(14-6-5-7-15(22)12-14)16-8-3-4-9-18(16)25/h3-9,12,17,25H,10-11,13H2,1-2H3,(H,23,27). The van der Waals surface area contributed by atoms with Crippen molar-refractivity contribution in [3.05, 3.63) is 64.7 Å². The van der Waals surface area contributed by atoms with Crippen LogP contribution in [0.3, 0.4) is 0 Å². The molecule has 6 heteroatoms.